The van der Waals surface area contributed by atoms with Gasteiger partial charge >= 0.3 is 0 Å². The topological polar surface area (TPSA) is 58.6 Å². The van der Waals surface area contributed by atoms with Crippen molar-refractivity contribution < 1.29 is 23.9 Å². The van der Waals surface area contributed by atoms with E-state index >= 15 is 0 Å². The lowest BCUT2D eigenvalue weighted by atomic mass is 10.4. The Bertz CT molecular complexity index is 190. The standard InChI is InChI=1S/C8H18NO.C3H6O3/c1-3-9(8-10-2)6-4-5-7-9;1-2-6-3(4)5/h3-8H2,1-2H3;2H2,1H3,(H,4,5)/q+1;/p-1. The molecule has 0 saturated carbocycles. The Morgan fingerprint density at radius 2 is 1.88 bits per heavy atom. The molecule has 0 aromatic carbocycles. The summed E-state index contributed by atoms with van der Waals surface area (Å²) in [6.45, 7) is 8.79. The Morgan fingerprint density at radius 1 is 1.31 bits per heavy atom. The zero-order valence-electron chi connectivity index (χ0n) is 10.5. The van der Waals surface area contributed by atoms with E-state index in [1.165, 1.54) is 37.0 Å². The molecule has 1 aliphatic heterocycles. The molecule has 0 aromatic heterocycles. The van der Waals surface area contributed by atoms with Crippen LogP contribution in [0.15, 0.2) is 0 Å². The first-order valence-corrected chi connectivity index (χ1v) is 5.78. The Labute approximate surface area is 97.5 Å². The first-order chi connectivity index (χ1) is 7.60. The monoisotopic (exact) mass is 233 g/mol. The molecule has 0 bridgehead atoms. The molecule has 0 spiro atoms. The summed E-state index contributed by atoms with van der Waals surface area (Å²) in [6.07, 6.45) is 1.31. The lowest BCUT2D eigenvalue weighted by molar-refractivity contribution is -0.932. The van der Waals surface area contributed by atoms with Gasteiger partial charge in [0.2, 0.25) is 0 Å². The fraction of sp³-hybridized carbons (Fsp3) is 0.909. The van der Waals surface area contributed by atoms with Gasteiger partial charge in [-0.3, -0.25) is 0 Å². The van der Waals surface area contributed by atoms with Gasteiger partial charge in [0.25, 0.3) is 6.16 Å². The van der Waals surface area contributed by atoms with Gasteiger partial charge in [-0.05, 0) is 13.8 Å². The van der Waals surface area contributed by atoms with Gasteiger partial charge in [0.15, 0.2) is 6.73 Å². The van der Waals surface area contributed by atoms with Crippen LogP contribution in [0.25, 0.3) is 0 Å². The van der Waals surface area contributed by atoms with Crippen LogP contribution < -0.4 is 5.11 Å². The number of likely N-dealkylation sites (tertiary alicyclic amines) is 1. The lowest BCUT2D eigenvalue weighted by Crippen LogP contribution is -2.46. The fourth-order valence-corrected chi connectivity index (χ4v) is 1.93. The molecule has 1 fully saturated rings. The first-order valence-electron chi connectivity index (χ1n) is 5.78. The normalized spacial score (nSPS) is 17.4. The molecule has 0 aromatic rings. The highest BCUT2D eigenvalue weighted by Crippen LogP contribution is 2.18. The highest BCUT2D eigenvalue weighted by Gasteiger charge is 2.29. The van der Waals surface area contributed by atoms with Crippen molar-refractivity contribution in [3.05, 3.63) is 0 Å². The second-order valence-electron chi connectivity index (χ2n) is 3.91. The smallest absolute Gasteiger partial charge is 0.251 e. The van der Waals surface area contributed by atoms with Crippen LogP contribution in [0.5, 0.6) is 0 Å². The zero-order chi connectivity index (χ0) is 12.4. The summed E-state index contributed by atoms with van der Waals surface area (Å²) in [5.41, 5.74) is 0. The second kappa shape index (κ2) is 8.35. The molecule has 96 valence electrons. The van der Waals surface area contributed by atoms with Crippen LogP contribution in [0, 0.1) is 0 Å². The van der Waals surface area contributed by atoms with E-state index in [0.29, 0.717) is 0 Å². The van der Waals surface area contributed by atoms with Crippen molar-refractivity contribution in [3.63, 3.8) is 0 Å². The Hall–Kier alpha value is -0.810. The fourth-order valence-electron chi connectivity index (χ4n) is 1.93. The van der Waals surface area contributed by atoms with Gasteiger partial charge in [-0.1, -0.05) is 0 Å². The van der Waals surface area contributed by atoms with Crippen LogP contribution in [-0.4, -0.2) is 50.7 Å². The summed E-state index contributed by atoms with van der Waals surface area (Å²) in [5.74, 6) is 0. The van der Waals surface area contributed by atoms with Crippen molar-refractivity contribution in [3.8, 4) is 0 Å². The van der Waals surface area contributed by atoms with E-state index in [4.69, 9.17) is 4.74 Å². The summed E-state index contributed by atoms with van der Waals surface area (Å²) in [4.78, 5) is 9.27. The molecule has 1 rings (SSSR count). The number of carbonyl (C=O) groups is 1. The van der Waals surface area contributed by atoms with E-state index in [1.54, 1.807) is 14.0 Å². The SMILES string of the molecule is CCOC(=O)[O-].CC[N+]1(COC)CCCC1. The maximum absolute atomic E-state index is 9.27. The molecule has 0 atom stereocenters. The number of quaternary nitrogens is 1. The highest BCUT2D eigenvalue weighted by atomic mass is 16.7. The minimum absolute atomic E-state index is 0.169. The number of carboxylic acid groups (broad SMARTS) is 1. The molecule has 1 heterocycles. The van der Waals surface area contributed by atoms with Crippen molar-refractivity contribution in [2.24, 2.45) is 0 Å². The number of rotatable bonds is 4. The third-order valence-electron chi connectivity index (χ3n) is 2.85. The summed E-state index contributed by atoms with van der Waals surface area (Å²) in [7, 11) is 1.80. The molecule has 0 unspecified atom stereocenters. The van der Waals surface area contributed by atoms with Gasteiger partial charge in [0.1, 0.15) is 0 Å². The molecule has 0 amide bonds. The van der Waals surface area contributed by atoms with Gasteiger partial charge in [-0.15, -0.1) is 0 Å². The molecule has 0 radical (unpaired) electrons. The van der Waals surface area contributed by atoms with Gasteiger partial charge in [-0.25, -0.2) is 0 Å². The van der Waals surface area contributed by atoms with Crippen molar-refractivity contribution in [2.45, 2.75) is 26.7 Å². The Balaban J connectivity index is 0.000000325. The average molecular weight is 233 g/mol. The van der Waals surface area contributed by atoms with E-state index in [1.807, 2.05) is 0 Å². The first kappa shape index (κ1) is 15.2. The number of ether oxygens (including phenoxy) is 2. The van der Waals surface area contributed by atoms with Gasteiger partial charge < -0.3 is 23.9 Å². The largest absolute Gasteiger partial charge is 0.550 e. The molecule has 5 nitrogen and oxygen atoms in total. The highest BCUT2D eigenvalue weighted by molar-refractivity contribution is 5.53. The summed E-state index contributed by atoms with van der Waals surface area (Å²) >= 11 is 0. The molecular weight excluding hydrogens is 210 g/mol. The van der Waals surface area contributed by atoms with Crippen molar-refractivity contribution in [2.75, 3.05) is 40.1 Å². The number of methoxy groups -OCH3 is 1. The summed E-state index contributed by atoms with van der Waals surface area (Å²) < 4.78 is 10.2. The van der Waals surface area contributed by atoms with E-state index in [-0.39, 0.29) is 6.61 Å². The molecule has 16 heavy (non-hydrogen) atoms. The van der Waals surface area contributed by atoms with Crippen molar-refractivity contribution in [1.82, 2.24) is 0 Å². The van der Waals surface area contributed by atoms with Crippen LogP contribution in [0.1, 0.15) is 26.7 Å². The van der Waals surface area contributed by atoms with E-state index < -0.39 is 6.16 Å². The predicted molar refractivity (Wildman–Crippen MR) is 58.7 cm³/mol. The molecule has 1 saturated heterocycles. The molecule has 5 heteroatoms. The van der Waals surface area contributed by atoms with Crippen LogP contribution >= 0.6 is 0 Å². The third kappa shape index (κ3) is 5.92. The minimum Gasteiger partial charge on any atom is -0.550 e. The maximum Gasteiger partial charge on any atom is 0.251 e. The van der Waals surface area contributed by atoms with Crippen molar-refractivity contribution >= 4 is 6.16 Å². The van der Waals surface area contributed by atoms with Gasteiger partial charge in [0, 0.05) is 26.6 Å². The molecule has 0 N–H and O–H groups in total. The minimum atomic E-state index is -1.46. The van der Waals surface area contributed by atoms with Crippen LogP contribution in [-0.2, 0) is 9.47 Å². The summed E-state index contributed by atoms with van der Waals surface area (Å²) in [6, 6.07) is 0. The molecular formula is C11H23NO4. The predicted octanol–water partition coefficient (Wildman–Crippen LogP) is 0.587. The van der Waals surface area contributed by atoms with E-state index in [2.05, 4.69) is 11.7 Å². The zero-order valence-corrected chi connectivity index (χ0v) is 10.5. The summed E-state index contributed by atoms with van der Waals surface area (Å²) in [5, 5.41) is 9.27. The maximum atomic E-state index is 9.27. The average Bonchev–Trinajstić information content (AvgIpc) is 2.68. The number of carbonyl (C=O) groups excluding carboxylic acids is 1. The van der Waals surface area contributed by atoms with Crippen molar-refractivity contribution in [1.29, 1.82) is 0 Å². The number of hydrogen-bond donors (Lipinski definition) is 0. The Morgan fingerprint density at radius 3 is 2.12 bits per heavy atom. The second-order valence-corrected chi connectivity index (χ2v) is 3.91. The third-order valence-corrected chi connectivity index (χ3v) is 2.85. The quantitative estimate of drug-likeness (QED) is 0.526. The number of hydrogen-bond acceptors (Lipinski definition) is 4. The molecule has 1 aliphatic rings. The van der Waals surface area contributed by atoms with Crippen LogP contribution in [0.4, 0.5) is 4.79 Å². The van der Waals surface area contributed by atoms with Crippen LogP contribution in [0.2, 0.25) is 0 Å². The van der Waals surface area contributed by atoms with Gasteiger partial charge in [0.05, 0.1) is 19.6 Å². The van der Waals surface area contributed by atoms with Gasteiger partial charge in [-0.2, -0.15) is 0 Å². The van der Waals surface area contributed by atoms with E-state index in [9.17, 15) is 9.90 Å². The number of nitrogens with zero attached hydrogens (tertiary/aromatic N) is 1. The Kier molecular flexibility index (Phi) is 7.93. The van der Waals surface area contributed by atoms with E-state index in [0.717, 1.165) is 6.73 Å². The lowest BCUT2D eigenvalue weighted by Gasteiger charge is -2.31. The molecule has 0 aliphatic carbocycles. The van der Waals surface area contributed by atoms with Crippen LogP contribution in [0.3, 0.4) is 0 Å².